The number of allylic oxidation sites excluding steroid dienone is 4. The fourth-order valence-corrected chi connectivity index (χ4v) is 12.9. The van der Waals surface area contributed by atoms with Crippen LogP contribution in [-0.2, 0) is 5.60 Å². The molecule has 8 atom stereocenters. The van der Waals surface area contributed by atoms with Crippen molar-refractivity contribution in [2.24, 2.45) is 33.5 Å². The third-order valence-corrected chi connectivity index (χ3v) is 16.0. The zero-order chi connectivity index (χ0) is 36.1. The Morgan fingerprint density at radius 1 is 0.788 bits per heavy atom. The molecule has 0 amide bonds. The van der Waals surface area contributed by atoms with Gasteiger partial charge >= 0.3 is 0 Å². The maximum absolute atomic E-state index is 15.4. The monoisotopic (exact) mass is 717 g/mol. The van der Waals surface area contributed by atoms with Gasteiger partial charge in [-0.15, -0.1) is 0 Å². The van der Waals surface area contributed by atoms with Gasteiger partial charge in [-0.3, -0.25) is 4.79 Å². The van der Waals surface area contributed by atoms with E-state index in [1.807, 2.05) is 60.7 Å². The van der Waals surface area contributed by atoms with Gasteiger partial charge in [-0.1, -0.05) is 110 Å². The quantitative estimate of drug-likeness (QED) is 0.176. The molecule has 1 heterocycles. The van der Waals surface area contributed by atoms with E-state index in [1.54, 1.807) is 0 Å². The average Bonchev–Trinajstić information content (AvgIpc) is 3.42. The van der Waals surface area contributed by atoms with Gasteiger partial charge in [-0.05, 0) is 104 Å². The molecule has 1 aliphatic heterocycles. The molecule has 3 aromatic carbocycles. The molecule has 6 heteroatoms. The molecule has 4 fully saturated rings. The Bertz CT molecular complexity index is 1950. The van der Waals surface area contributed by atoms with Crippen molar-refractivity contribution in [2.75, 3.05) is 19.6 Å². The Hall–Kier alpha value is -3.06. The molecule has 2 bridgehead atoms. The first-order valence-electron chi connectivity index (χ1n) is 19.6. The normalized spacial score (nSPS) is 39.0. The lowest BCUT2D eigenvalue weighted by Crippen LogP contribution is -2.67. The predicted octanol–water partition coefficient (Wildman–Crippen LogP) is 8.76. The number of rotatable bonds is 6. The highest BCUT2D eigenvalue weighted by atomic mass is 35.5. The molecule has 2 spiro atoms. The number of piperidine rings is 1. The van der Waals surface area contributed by atoms with Crippen molar-refractivity contribution < 1.29 is 20.1 Å². The van der Waals surface area contributed by atoms with Crippen LogP contribution >= 0.6 is 11.6 Å². The van der Waals surface area contributed by atoms with Crippen LogP contribution < -0.4 is 0 Å². The number of hydrogen-bond acceptors (Lipinski definition) is 5. The van der Waals surface area contributed by atoms with Crippen LogP contribution in [0.25, 0.3) is 11.1 Å². The van der Waals surface area contributed by atoms with Crippen molar-refractivity contribution in [2.45, 2.75) is 88.9 Å². The van der Waals surface area contributed by atoms with Gasteiger partial charge in [-0.2, -0.15) is 0 Å². The molecular formula is C46H52ClNO4. The molecule has 10 rings (SSSR count). The minimum Gasteiger partial charge on any atom is -0.393 e. The Morgan fingerprint density at radius 2 is 1.44 bits per heavy atom. The van der Waals surface area contributed by atoms with Gasteiger partial charge in [0.1, 0.15) is 0 Å². The van der Waals surface area contributed by atoms with Crippen LogP contribution in [0.4, 0.5) is 0 Å². The van der Waals surface area contributed by atoms with E-state index >= 15 is 4.79 Å². The molecule has 0 radical (unpaired) electrons. The van der Waals surface area contributed by atoms with Gasteiger partial charge in [0.05, 0.1) is 17.3 Å². The summed E-state index contributed by atoms with van der Waals surface area (Å²) >= 11 is 6.15. The Balaban J connectivity index is 1.08. The van der Waals surface area contributed by atoms with E-state index in [2.05, 4.69) is 55.2 Å². The summed E-state index contributed by atoms with van der Waals surface area (Å²) < 4.78 is 0. The number of hydrogen-bond donors (Lipinski definition) is 3. The fourth-order valence-electron chi connectivity index (χ4n) is 12.8. The van der Waals surface area contributed by atoms with E-state index in [-0.39, 0.29) is 34.6 Å². The van der Waals surface area contributed by atoms with Crippen molar-refractivity contribution in [1.29, 1.82) is 0 Å². The molecule has 8 unspecified atom stereocenters. The van der Waals surface area contributed by atoms with Gasteiger partial charge in [0.15, 0.2) is 5.78 Å². The van der Waals surface area contributed by atoms with E-state index in [0.29, 0.717) is 50.3 Å². The summed E-state index contributed by atoms with van der Waals surface area (Å²) in [4.78, 5) is 17.8. The molecule has 1 saturated heterocycles. The van der Waals surface area contributed by atoms with Crippen LogP contribution in [0.15, 0.2) is 103 Å². The number of benzene rings is 3. The van der Waals surface area contributed by atoms with Gasteiger partial charge < -0.3 is 20.2 Å². The highest BCUT2D eigenvalue weighted by Crippen LogP contribution is 2.78. The standard InChI is InChI=1S/C46H52ClNO4/c1-41-19-16-34(49)28-43(41)22-23-46(37(29-43)40(50)36-11-7-6-10-35(36)31-8-4-3-5-9-31)38(41)17-20-42(2)39(46)18-21-45(42,52)30-48-26-24-44(51,25-27-48)32-12-14-33(47)15-13-32/h3-15,22-23,29,34,38-39,49,51-52H,16-21,24-28,30H2,1-2H3. The number of aliphatic hydroxyl groups is 3. The van der Waals surface area contributed by atoms with Crippen LogP contribution in [0.1, 0.15) is 87.6 Å². The Morgan fingerprint density at radius 3 is 2.19 bits per heavy atom. The molecule has 3 N–H and O–H groups in total. The molecule has 6 aliphatic carbocycles. The van der Waals surface area contributed by atoms with Crippen molar-refractivity contribution in [3.8, 4) is 11.1 Å². The molecular weight excluding hydrogens is 666 g/mol. The van der Waals surface area contributed by atoms with E-state index in [4.69, 9.17) is 11.6 Å². The third kappa shape index (κ3) is 4.78. The summed E-state index contributed by atoms with van der Waals surface area (Å²) in [5.41, 5.74) is 1.31. The second-order valence-electron chi connectivity index (χ2n) is 17.9. The second-order valence-corrected chi connectivity index (χ2v) is 18.3. The number of nitrogens with zero attached hydrogens (tertiary/aromatic N) is 1. The number of Topliss-reactive ketones (excluding diaryl/α,β-unsaturated/α-hetero) is 1. The summed E-state index contributed by atoms with van der Waals surface area (Å²) in [7, 11) is 0. The Labute approximate surface area is 313 Å². The fraction of sp³-hybridized carbons (Fsp3) is 0.500. The van der Waals surface area contributed by atoms with Crippen LogP contribution in [0, 0.1) is 33.5 Å². The maximum atomic E-state index is 15.4. The summed E-state index contributed by atoms with van der Waals surface area (Å²) in [6, 6.07) is 25.8. The molecule has 3 aromatic rings. The molecule has 3 saturated carbocycles. The highest BCUT2D eigenvalue weighted by Gasteiger charge is 2.74. The topological polar surface area (TPSA) is 81.0 Å². The predicted molar refractivity (Wildman–Crippen MR) is 206 cm³/mol. The average molecular weight is 718 g/mol. The van der Waals surface area contributed by atoms with Crippen molar-refractivity contribution in [3.05, 3.63) is 119 Å². The minimum atomic E-state index is -0.924. The molecule has 272 valence electrons. The lowest BCUT2D eigenvalue weighted by molar-refractivity contribution is -0.178. The minimum absolute atomic E-state index is 0.0786. The summed E-state index contributed by atoms with van der Waals surface area (Å²) in [6.45, 7) is 6.74. The summed E-state index contributed by atoms with van der Waals surface area (Å²) in [5, 5.41) is 36.4. The molecule has 0 aromatic heterocycles. The number of halogens is 1. The number of aliphatic hydroxyl groups excluding tert-OH is 1. The number of carbonyl (C=O) groups is 1. The van der Waals surface area contributed by atoms with Gasteiger partial charge in [0.25, 0.3) is 0 Å². The highest BCUT2D eigenvalue weighted by molar-refractivity contribution is 6.30. The number of likely N-dealkylation sites (tertiary alicyclic amines) is 1. The number of fused-ring (bicyclic) bond motifs is 1. The third-order valence-electron chi connectivity index (χ3n) is 15.8. The SMILES string of the molecule is CC12CCC(O)CC13C=CC1(C(C(=O)c4ccccc4-c4ccccc4)=C3)C2CCC2(C)C1CCC2(O)CN1CCC(O)(c2ccc(Cl)cc2)CC1. The van der Waals surface area contributed by atoms with Crippen LogP contribution in [-0.4, -0.2) is 57.3 Å². The van der Waals surface area contributed by atoms with Crippen molar-refractivity contribution in [3.63, 3.8) is 0 Å². The first-order chi connectivity index (χ1) is 24.9. The lowest BCUT2D eigenvalue weighted by atomic mass is 9.32. The largest absolute Gasteiger partial charge is 0.393 e. The maximum Gasteiger partial charge on any atom is 0.190 e. The van der Waals surface area contributed by atoms with E-state index in [9.17, 15) is 15.3 Å². The van der Waals surface area contributed by atoms with Crippen molar-refractivity contribution >= 4 is 17.4 Å². The number of β-amino-alcohol motifs (C(OH)–C–C–N with tert-alkyl or cyclic N) is 1. The van der Waals surface area contributed by atoms with Crippen LogP contribution in [0.2, 0.25) is 5.02 Å². The summed E-state index contributed by atoms with van der Waals surface area (Å²) in [6.07, 6.45) is 13.7. The van der Waals surface area contributed by atoms with Crippen molar-refractivity contribution in [1.82, 2.24) is 4.90 Å². The number of carbonyl (C=O) groups excluding carboxylic acids is 1. The Kier molecular flexibility index (Phi) is 7.99. The van der Waals surface area contributed by atoms with Crippen LogP contribution in [0.3, 0.4) is 0 Å². The summed E-state index contributed by atoms with van der Waals surface area (Å²) in [5.74, 6) is 0.430. The first kappa shape index (κ1) is 34.7. The molecule has 5 nitrogen and oxygen atoms in total. The molecule has 52 heavy (non-hydrogen) atoms. The van der Waals surface area contributed by atoms with E-state index in [1.165, 1.54) is 0 Å². The second kappa shape index (κ2) is 12.0. The number of ketones is 1. The van der Waals surface area contributed by atoms with E-state index in [0.717, 1.165) is 59.9 Å². The molecule has 7 aliphatic rings. The smallest absolute Gasteiger partial charge is 0.190 e. The first-order valence-corrected chi connectivity index (χ1v) is 20.0. The van der Waals surface area contributed by atoms with E-state index < -0.39 is 22.0 Å². The van der Waals surface area contributed by atoms with Gasteiger partial charge in [-0.25, -0.2) is 0 Å². The zero-order valence-electron chi connectivity index (χ0n) is 30.5. The van der Waals surface area contributed by atoms with Gasteiger partial charge in [0, 0.05) is 52.0 Å². The zero-order valence-corrected chi connectivity index (χ0v) is 31.3. The van der Waals surface area contributed by atoms with Crippen LogP contribution in [0.5, 0.6) is 0 Å². The lowest BCUT2D eigenvalue weighted by Gasteiger charge is -2.71. The van der Waals surface area contributed by atoms with Gasteiger partial charge in [0.2, 0.25) is 0 Å².